The fraction of sp³-hybridized carbons (Fsp3) is 0.190. The first-order chi connectivity index (χ1) is 16.6. The first-order valence-electron chi connectivity index (χ1n) is 9.98. The van der Waals surface area contributed by atoms with Crippen molar-refractivity contribution in [2.24, 2.45) is 0 Å². The zero-order valence-corrected chi connectivity index (χ0v) is 19.5. The molecule has 1 atom stereocenters. The number of sulfone groups is 1. The summed E-state index contributed by atoms with van der Waals surface area (Å²) in [7, 11) is -3.56. The molecule has 1 unspecified atom stereocenters. The molecule has 184 valence electrons. The first kappa shape index (κ1) is 24.7. The number of aliphatic hydroxyl groups is 2. The number of rotatable bonds is 8. The minimum Gasteiger partial charge on any atom is -0.421 e. The molecule has 0 aliphatic rings. The topological polar surface area (TPSA) is 150 Å². The van der Waals surface area contributed by atoms with Crippen molar-refractivity contribution in [3.63, 3.8) is 0 Å². The molecule has 0 spiro atoms. The molecule has 0 aliphatic heterocycles. The highest BCUT2D eigenvalue weighted by Crippen LogP contribution is 2.37. The van der Waals surface area contributed by atoms with E-state index in [-0.39, 0.29) is 56.3 Å². The average molecular weight is 526 g/mol. The van der Waals surface area contributed by atoms with Gasteiger partial charge in [0.15, 0.2) is 27.1 Å². The second-order valence-electron chi connectivity index (χ2n) is 7.46. The standard InChI is InChI=1S/C21H18ClF2N5O5S/c1-35(32,33)12-3-4-14(22)13(7-12)18-17-19(25-8-11(31)9-30)26-21(27-20(17)29-28-18)34-16-5-2-10(23)6-15(16)24/h2-7,11,30-31H,8-9H2,1H3,(H2,25,26,27,28,29). The minimum atomic E-state index is -3.56. The molecular formula is C21H18ClF2N5O5S. The highest BCUT2D eigenvalue weighted by atomic mass is 35.5. The van der Waals surface area contributed by atoms with E-state index in [1.807, 2.05) is 0 Å². The summed E-state index contributed by atoms with van der Waals surface area (Å²) in [5, 5.41) is 29.1. The van der Waals surface area contributed by atoms with E-state index in [2.05, 4.69) is 25.5 Å². The molecular weight excluding hydrogens is 508 g/mol. The van der Waals surface area contributed by atoms with Crippen molar-refractivity contribution in [3.8, 4) is 23.0 Å². The molecule has 4 rings (SSSR count). The van der Waals surface area contributed by atoms with Gasteiger partial charge in [0.05, 0.1) is 28.0 Å². The van der Waals surface area contributed by atoms with Gasteiger partial charge in [0, 0.05) is 24.4 Å². The number of nitrogens with zero attached hydrogens (tertiary/aromatic N) is 3. The molecule has 4 N–H and O–H groups in total. The van der Waals surface area contributed by atoms with Crippen LogP contribution in [0.1, 0.15) is 0 Å². The van der Waals surface area contributed by atoms with Crippen molar-refractivity contribution in [2.75, 3.05) is 24.7 Å². The molecule has 35 heavy (non-hydrogen) atoms. The monoisotopic (exact) mass is 525 g/mol. The van der Waals surface area contributed by atoms with Gasteiger partial charge in [-0.05, 0) is 30.3 Å². The maximum absolute atomic E-state index is 14.1. The zero-order valence-electron chi connectivity index (χ0n) is 18.0. The van der Waals surface area contributed by atoms with E-state index in [4.69, 9.17) is 21.4 Å². The number of halogens is 3. The molecule has 0 saturated heterocycles. The largest absolute Gasteiger partial charge is 0.421 e. The van der Waals surface area contributed by atoms with Gasteiger partial charge in [-0.1, -0.05) is 11.6 Å². The fourth-order valence-electron chi connectivity index (χ4n) is 3.13. The molecule has 0 aliphatic carbocycles. The van der Waals surface area contributed by atoms with Gasteiger partial charge >= 0.3 is 6.01 Å². The molecule has 2 aromatic heterocycles. The molecule has 0 bridgehead atoms. The van der Waals surface area contributed by atoms with Crippen LogP contribution in [0, 0.1) is 11.6 Å². The Morgan fingerprint density at radius 3 is 2.66 bits per heavy atom. The van der Waals surface area contributed by atoms with Gasteiger partial charge in [0.1, 0.15) is 17.3 Å². The zero-order chi connectivity index (χ0) is 25.3. The van der Waals surface area contributed by atoms with Gasteiger partial charge in [0.25, 0.3) is 0 Å². The number of aliphatic hydroxyl groups excluding tert-OH is 2. The lowest BCUT2D eigenvalue weighted by Gasteiger charge is -2.13. The highest BCUT2D eigenvalue weighted by molar-refractivity contribution is 7.90. The SMILES string of the molecule is CS(=O)(=O)c1ccc(Cl)c(-c2n[nH]c3nc(Oc4ccc(F)cc4F)nc(NCC(O)CO)c23)c1. The molecule has 10 nitrogen and oxygen atoms in total. The number of H-pyrrole nitrogens is 1. The Kier molecular flexibility index (Phi) is 6.85. The van der Waals surface area contributed by atoms with Crippen LogP contribution in [0.15, 0.2) is 41.3 Å². The van der Waals surface area contributed by atoms with Crippen molar-refractivity contribution in [1.29, 1.82) is 0 Å². The first-order valence-corrected chi connectivity index (χ1v) is 12.3. The molecule has 2 aromatic carbocycles. The number of benzene rings is 2. The number of aromatic amines is 1. The van der Waals surface area contributed by atoms with Crippen molar-refractivity contribution in [3.05, 3.63) is 53.1 Å². The second-order valence-corrected chi connectivity index (χ2v) is 9.88. The van der Waals surface area contributed by atoms with Crippen molar-refractivity contribution < 1.29 is 32.1 Å². The lowest BCUT2D eigenvalue weighted by Crippen LogP contribution is -2.23. The van der Waals surface area contributed by atoms with E-state index in [9.17, 15) is 22.3 Å². The van der Waals surface area contributed by atoms with Crippen LogP contribution in [0.3, 0.4) is 0 Å². The van der Waals surface area contributed by atoms with Gasteiger partial charge in [-0.25, -0.2) is 17.2 Å². The maximum Gasteiger partial charge on any atom is 0.326 e. The van der Waals surface area contributed by atoms with E-state index in [0.29, 0.717) is 6.07 Å². The summed E-state index contributed by atoms with van der Waals surface area (Å²) < 4.78 is 56.8. The summed E-state index contributed by atoms with van der Waals surface area (Å²) in [5.41, 5.74) is 0.554. The summed E-state index contributed by atoms with van der Waals surface area (Å²) in [5.74, 6) is -2.05. The second kappa shape index (κ2) is 9.70. The van der Waals surface area contributed by atoms with E-state index < -0.39 is 34.2 Å². The minimum absolute atomic E-state index is 0.00548. The maximum atomic E-state index is 14.1. The van der Waals surface area contributed by atoms with E-state index >= 15 is 0 Å². The average Bonchev–Trinajstić information content (AvgIpc) is 3.22. The van der Waals surface area contributed by atoms with Crippen LogP contribution in [-0.2, 0) is 9.84 Å². The van der Waals surface area contributed by atoms with Crippen LogP contribution in [-0.4, -0.2) is 64.3 Å². The van der Waals surface area contributed by atoms with E-state index in [1.165, 1.54) is 18.2 Å². The van der Waals surface area contributed by atoms with Gasteiger partial charge in [-0.15, -0.1) is 0 Å². The number of ether oxygens (including phenoxy) is 1. The Morgan fingerprint density at radius 1 is 1.20 bits per heavy atom. The number of nitrogens with one attached hydrogen (secondary N) is 2. The van der Waals surface area contributed by atoms with Crippen LogP contribution < -0.4 is 10.1 Å². The molecule has 2 heterocycles. The summed E-state index contributed by atoms with van der Waals surface area (Å²) in [6.45, 7) is -0.680. The summed E-state index contributed by atoms with van der Waals surface area (Å²) >= 11 is 6.33. The van der Waals surface area contributed by atoms with Crippen LogP contribution in [0.5, 0.6) is 11.8 Å². The van der Waals surface area contributed by atoms with Crippen molar-refractivity contribution in [1.82, 2.24) is 20.2 Å². The van der Waals surface area contributed by atoms with Gasteiger partial charge in [-0.2, -0.15) is 15.1 Å². The predicted octanol–water partition coefficient (Wildman–Crippen LogP) is 2.91. The normalized spacial score (nSPS) is 12.6. The molecule has 14 heteroatoms. The van der Waals surface area contributed by atoms with E-state index in [1.54, 1.807) is 0 Å². The number of aromatic nitrogens is 4. The quantitative estimate of drug-likeness (QED) is 0.272. The van der Waals surface area contributed by atoms with Crippen molar-refractivity contribution in [2.45, 2.75) is 11.0 Å². The number of anilines is 1. The summed E-state index contributed by atoms with van der Waals surface area (Å²) in [6.07, 6.45) is -0.0980. The van der Waals surface area contributed by atoms with Crippen LogP contribution >= 0.6 is 11.6 Å². The van der Waals surface area contributed by atoms with Crippen LogP contribution in [0.2, 0.25) is 5.02 Å². The predicted molar refractivity (Wildman–Crippen MR) is 123 cm³/mol. The number of hydrogen-bond donors (Lipinski definition) is 4. The fourth-order valence-corrected chi connectivity index (χ4v) is 3.98. The van der Waals surface area contributed by atoms with Gasteiger partial charge in [-0.3, -0.25) is 5.10 Å². The highest BCUT2D eigenvalue weighted by Gasteiger charge is 2.22. The lowest BCUT2D eigenvalue weighted by atomic mass is 10.1. The Bertz CT molecular complexity index is 1520. The third-order valence-corrected chi connectivity index (χ3v) is 6.27. The Morgan fingerprint density at radius 2 is 1.97 bits per heavy atom. The Labute approximate surface area is 202 Å². The van der Waals surface area contributed by atoms with Crippen LogP contribution in [0.4, 0.5) is 14.6 Å². The molecule has 0 radical (unpaired) electrons. The third kappa shape index (κ3) is 5.32. The van der Waals surface area contributed by atoms with E-state index in [0.717, 1.165) is 18.4 Å². The summed E-state index contributed by atoms with van der Waals surface area (Å²) in [6, 6.07) is 6.47. The molecule has 0 saturated carbocycles. The number of fused-ring (bicyclic) bond motifs is 1. The number of hydrogen-bond acceptors (Lipinski definition) is 9. The summed E-state index contributed by atoms with van der Waals surface area (Å²) in [4.78, 5) is 8.38. The Hall–Kier alpha value is -3.39. The third-order valence-electron chi connectivity index (χ3n) is 4.83. The van der Waals surface area contributed by atoms with Gasteiger partial charge < -0.3 is 20.3 Å². The van der Waals surface area contributed by atoms with Crippen LogP contribution in [0.25, 0.3) is 22.3 Å². The van der Waals surface area contributed by atoms with Gasteiger partial charge in [0.2, 0.25) is 0 Å². The molecule has 4 aromatic rings. The van der Waals surface area contributed by atoms with Crippen molar-refractivity contribution >= 4 is 38.3 Å². The lowest BCUT2D eigenvalue weighted by molar-refractivity contribution is 0.105. The molecule has 0 fully saturated rings. The Balaban J connectivity index is 1.85. The molecule has 0 amide bonds. The smallest absolute Gasteiger partial charge is 0.326 e.